The van der Waals surface area contributed by atoms with Gasteiger partial charge >= 0.3 is 77.0 Å². The van der Waals surface area contributed by atoms with E-state index in [0.29, 0.717) is 0 Å². The van der Waals surface area contributed by atoms with Crippen LogP contribution < -0.4 is 77.0 Å². The van der Waals surface area contributed by atoms with Crippen LogP contribution in [0.5, 0.6) is 0 Å². The zero-order valence-electron chi connectivity index (χ0n) is 3.15. The number of hydrogen-bond acceptors (Lipinski definition) is 0. The minimum Gasteiger partial charge on any atom is -0.693 e. The molecule has 0 aliphatic carbocycles. The van der Waals surface area contributed by atoms with Crippen LogP contribution in [0.25, 0.3) is 12.3 Å². The van der Waals surface area contributed by atoms with Crippen LogP contribution >= 0.6 is 0 Å². The number of nitrogens with two attached hydrogens (primary N) is 2. The molecule has 16 valence electrons. The average molecular weight is 124 g/mol. The maximum Gasteiger partial charge on any atom is 1.00 e. The maximum absolute atomic E-state index is 0. The van der Waals surface area contributed by atoms with E-state index in [9.17, 15) is 0 Å². The van der Waals surface area contributed by atoms with E-state index in [4.69, 9.17) is 0 Å². The Labute approximate surface area is 87.2 Å². The van der Waals surface area contributed by atoms with Crippen LogP contribution in [0.2, 0.25) is 0 Å². The second-order valence-electron chi connectivity index (χ2n) is 0. The first-order chi connectivity index (χ1) is 0. The van der Waals surface area contributed by atoms with E-state index in [1.165, 1.54) is 0 Å². The van der Waals surface area contributed by atoms with Crippen LogP contribution in [0, 0.1) is 0 Å². The van der Waals surface area contributed by atoms with Gasteiger partial charge in [0.1, 0.15) is 0 Å². The van der Waals surface area contributed by atoms with E-state index < -0.39 is 0 Å². The molecule has 0 heterocycles. The fraction of sp³-hybridized carbons (Fsp3) is 0. The molecular weight excluding hydrogens is 120 g/mol. The molecule has 0 atom stereocenters. The van der Waals surface area contributed by atoms with Gasteiger partial charge in [0.15, 0.2) is 0 Å². The zero-order chi connectivity index (χ0) is 0. The molecule has 0 unspecified atom stereocenters. The zero-order valence-corrected chi connectivity index (χ0v) is 8.07. The summed E-state index contributed by atoms with van der Waals surface area (Å²) in [5.41, 5.74) is 0. The molecule has 0 saturated heterocycles. The molecule has 0 rings (SSSR count). The molecule has 0 aromatic rings. The summed E-state index contributed by atoms with van der Waals surface area (Å²) in [4.78, 5) is 0. The molecule has 0 amide bonds. The monoisotopic (exact) mass is 124 g/mol. The van der Waals surface area contributed by atoms with Crippen LogP contribution in [0.15, 0.2) is 0 Å². The van der Waals surface area contributed by atoms with Crippen molar-refractivity contribution in [3.05, 3.63) is 12.3 Å². The van der Waals surface area contributed by atoms with Crippen molar-refractivity contribution in [1.82, 2.24) is 0 Å². The Morgan fingerprint density at radius 3 is 0.750 bits per heavy atom. The van der Waals surface area contributed by atoms with Crippen molar-refractivity contribution < 1.29 is 77.0 Å². The maximum atomic E-state index is 0. The summed E-state index contributed by atoms with van der Waals surface area (Å²) in [5, 5.41) is 0. The molecule has 4 heavy (non-hydrogen) atoms. The topological polar surface area (TPSA) is 67.0 Å². The van der Waals surface area contributed by atoms with E-state index in [2.05, 4.69) is 0 Å². The largest absolute Gasteiger partial charge is 1.00 e. The molecule has 0 radical (unpaired) electrons. The third-order valence-electron chi connectivity index (χ3n) is 0. The fourth-order valence-corrected chi connectivity index (χ4v) is 0. The Bertz CT molecular complexity index is 6.00. The predicted molar refractivity (Wildman–Crippen MR) is 10.6 cm³/mol. The van der Waals surface area contributed by atoms with Crippen LogP contribution in [-0.2, 0) is 0 Å². The standard InChI is InChI=1S/Li.2H2N.Rb/h;2*1H2;/q+1;2*-1;+1. The predicted octanol–water partition coefficient (Wildman–Crippen LogP) is -4.56. The average Bonchev–Trinajstić information content (AvgIpc) is 0. The molecule has 4 N–H and O–H groups in total. The Balaban J connectivity index is 0. The van der Waals surface area contributed by atoms with Crippen molar-refractivity contribution in [2.45, 2.75) is 0 Å². The van der Waals surface area contributed by atoms with Gasteiger partial charge in [-0.1, -0.05) is 0 Å². The first-order valence-electron chi connectivity index (χ1n) is 0. The van der Waals surface area contributed by atoms with E-state index in [1.807, 2.05) is 0 Å². The third kappa shape index (κ3) is 8.85. The van der Waals surface area contributed by atoms with Crippen molar-refractivity contribution in [3.8, 4) is 0 Å². The third-order valence-corrected chi connectivity index (χ3v) is 0. The van der Waals surface area contributed by atoms with Crippen molar-refractivity contribution >= 4 is 0 Å². The molecule has 4 heteroatoms. The van der Waals surface area contributed by atoms with Gasteiger partial charge in [-0.2, -0.15) is 0 Å². The van der Waals surface area contributed by atoms with Gasteiger partial charge in [0.05, 0.1) is 0 Å². The molecule has 2 nitrogen and oxygen atoms in total. The van der Waals surface area contributed by atoms with E-state index in [0.717, 1.165) is 0 Å². The summed E-state index contributed by atoms with van der Waals surface area (Å²) in [6.45, 7) is 0. The number of rotatable bonds is 0. The van der Waals surface area contributed by atoms with Crippen molar-refractivity contribution in [2.24, 2.45) is 0 Å². The van der Waals surface area contributed by atoms with E-state index in [-0.39, 0.29) is 89.3 Å². The normalized spacial score (nSPS) is 0. The molecule has 0 aliphatic rings. The SMILES string of the molecule is [Li+].[NH2-].[NH2-].[Rb+]. The minimum atomic E-state index is 0. The molecule has 0 spiro atoms. The summed E-state index contributed by atoms with van der Waals surface area (Å²) in [6, 6.07) is 0. The van der Waals surface area contributed by atoms with Crippen LogP contribution in [-0.4, -0.2) is 0 Å². The van der Waals surface area contributed by atoms with Crippen molar-refractivity contribution in [1.29, 1.82) is 0 Å². The van der Waals surface area contributed by atoms with E-state index >= 15 is 0 Å². The molecule has 0 aromatic carbocycles. The van der Waals surface area contributed by atoms with Gasteiger partial charge in [-0.15, -0.1) is 0 Å². The van der Waals surface area contributed by atoms with Crippen LogP contribution in [0.1, 0.15) is 0 Å². The van der Waals surface area contributed by atoms with Gasteiger partial charge in [0, 0.05) is 0 Å². The first-order valence-corrected chi connectivity index (χ1v) is 0. The summed E-state index contributed by atoms with van der Waals surface area (Å²) in [6.07, 6.45) is 0. The number of hydrogen-bond donors (Lipinski definition) is 0. The van der Waals surface area contributed by atoms with Gasteiger partial charge in [-0.3, -0.25) is 0 Å². The summed E-state index contributed by atoms with van der Waals surface area (Å²) in [7, 11) is 0. The second kappa shape index (κ2) is 18.4. The molecule has 0 aliphatic heterocycles. The fourth-order valence-electron chi connectivity index (χ4n) is 0. The second-order valence-corrected chi connectivity index (χ2v) is 0. The van der Waals surface area contributed by atoms with Gasteiger partial charge in [-0.05, 0) is 0 Å². The molecule has 0 aromatic heterocycles. The van der Waals surface area contributed by atoms with Crippen LogP contribution in [0.3, 0.4) is 0 Å². The Morgan fingerprint density at radius 1 is 0.750 bits per heavy atom. The van der Waals surface area contributed by atoms with Gasteiger partial charge in [-0.25, -0.2) is 0 Å². The first kappa shape index (κ1) is 33.2. The van der Waals surface area contributed by atoms with Crippen molar-refractivity contribution in [3.63, 3.8) is 0 Å². The summed E-state index contributed by atoms with van der Waals surface area (Å²) < 4.78 is 0. The molecule has 0 fully saturated rings. The van der Waals surface area contributed by atoms with E-state index in [1.54, 1.807) is 0 Å². The molecule has 0 bridgehead atoms. The quantitative estimate of drug-likeness (QED) is 0.292. The molecular formula is H4LiN2Rb. The summed E-state index contributed by atoms with van der Waals surface area (Å²) in [5.74, 6) is 0. The minimum absolute atomic E-state index is 0. The summed E-state index contributed by atoms with van der Waals surface area (Å²) >= 11 is 0. The van der Waals surface area contributed by atoms with Crippen LogP contribution in [0.4, 0.5) is 0 Å². The smallest absolute Gasteiger partial charge is 0.693 e. The van der Waals surface area contributed by atoms with Gasteiger partial charge in [0.25, 0.3) is 0 Å². The molecule has 0 saturated carbocycles. The van der Waals surface area contributed by atoms with Crippen molar-refractivity contribution in [2.75, 3.05) is 0 Å². The Hall–Kier alpha value is 2.32. The Morgan fingerprint density at radius 2 is 0.750 bits per heavy atom. The Kier molecular flexibility index (Phi) is 153. The van der Waals surface area contributed by atoms with Gasteiger partial charge in [0.2, 0.25) is 0 Å². The van der Waals surface area contributed by atoms with Gasteiger partial charge < -0.3 is 12.3 Å².